The number of carboxylic acid groups (broad SMARTS) is 1. The van der Waals surface area contributed by atoms with E-state index in [1.54, 1.807) is 19.1 Å². The first-order valence-corrected chi connectivity index (χ1v) is 9.96. The van der Waals surface area contributed by atoms with Crippen molar-refractivity contribution in [2.24, 2.45) is 10.9 Å². The number of carbonyl (C=O) groups is 3. The first-order valence-electron chi connectivity index (χ1n) is 9.96. The van der Waals surface area contributed by atoms with Gasteiger partial charge >= 0.3 is 12.1 Å². The first kappa shape index (κ1) is 22.0. The maximum absolute atomic E-state index is 13.3. The number of aliphatic imine (C=N–C) groups is 1. The third-order valence-corrected chi connectivity index (χ3v) is 4.86. The fraction of sp³-hybridized carbons (Fsp3) is 0.304. The molecule has 2 amide bonds. The van der Waals surface area contributed by atoms with Gasteiger partial charge in [0.25, 0.3) is 5.91 Å². The lowest BCUT2D eigenvalue weighted by Crippen LogP contribution is -2.49. The Morgan fingerprint density at radius 2 is 1.87 bits per heavy atom. The summed E-state index contributed by atoms with van der Waals surface area (Å²) in [5.41, 5.74) is 3.31. The number of hydrogen-bond donors (Lipinski definition) is 2. The summed E-state index contributed by atoms with van der Waals surface area (Å²) in [4.78, 5) is 42.8. The van der Waals surface area contributed by atoms with E-state index in [1.807, 2.05) is 50.2 Å². The van der Waals surface area contributed by atoms with Crippen molar-refractivity contribution in [3.8, 4) is 0 Å². The number of carboxylic acids is 1. The van der Waals surface area contributed by atoms with E-state index in [4.69, 9.17) is 4.74 Å². The van der Waals surface area contributed by atoms with Crippen molar-refractivity contribution < 1.29 is 24.2 Å². The second-order valence-electron chi connectivity index (χ2n) is 7.57. The zero-order valence-electron chi connectivity index (χ0n) is 17.7. The number of para-hydroxylation sites is 1. The van der Waals surface area contributed by atoms with Crippen LogP contribution in [0, 0.1) is 12.8 Å². The quantitative estimate of drug-likeness (QED) is 0.742. The van der Waals surface area contributed by atoms with E-state index in [9.17, 15) is 19.5 Å². The summed E-state index contributed by atoms with van der Waals surface area (Å²) >= 11 is 0. The zero-order valence-corrected chi connectivity index (χ0v) is 17.7. The molecule has 0 radical (unpaired) electrons. The molecule has 1 heterocycles. The van der Waals surface area contributed by atoms with Crippen LogP contribution in [0.15, 0.2) is 53.5 Å². The van der Waals surface area contributed by atoms with Gasteiger partial charge in [-0.2, -0.15) is 0 Å². The van der Waals surface area contributed by atoms with Crippen molar-refractivity contribution in [1.29, 1.82) is 0 Å². The molecule has 0 spiro atoms. The van der Waals surface area contributed by atoms with E-state index < -0.39 is 30.7 Å². The Morgan fingerprint density at radius 1 is 1.16 bits per heavy atom. The standard InChI is InChI=1S/C23H25N3O5/c1-14(2)19-17-11-7-8-15(3)20(17)26(12-18(27)28)22(29)21(24-19)25-23(30)31-13-16-9-5-4-6-10-16/h4-11,14,21H,12-13H2,1-3H3,(H,25,30)(H,27,28). The molecule has 31 heavy (non-hydrogen) atoms. The molecule has 2 aromatic rings. The van der Waals surface area contributed by atoms with Crippen LogP contribution >= 0.6 is 0 Å². The fourth-order valence-electron chi connectivity index (χ4n) is 3.47. The third-order valence-electron chi connectivity index (χ3n) is 4.86. The zero-order chi connectivity index (χ0) is 22.5. The number of nitrogens with zero attached hydrogens (tertiary/aromatic N) is 2. The van der Waals surface area contributed by atoms with E-state index in [-0.39, 0.29) is 12.5 Å². The number of aliphatic carboxylic acids is 1. The highest BCUT2D eigenvalue weighted by molar-refractivity contribution is 6.15. The molecule has 0 aromatic heterocycles. The SMILES string of the molecule is Cc1cccc2c1N(CC(=O)O)C(=O)C(NC(=O)OCc1ccccc1)N=C2C(C)C. The number of fused-ring (bicyclic) bond motifs is 1. The summed E-state index contributed by atoms with van der Waals surface area (Å²) in [6.45, 7) is 5.14. The van der Waals surface area contributed by atoms with E-state index >= 15 is 0 Å². The van der Waals surface area contributed by atoms with Gasteiger partial charge in [-0.25, -0.2) is 4.79 Å². The van der Waals surface area contributed by atoms with Crippen LogP contribution in [0.1, 0.15) is 30.5 Å². The first-order chi connectivity index (χ1) is 14.8. The number of nitrogens with one attached hydrogen (secondary N) is 1. The Labute approximate surface area is 180 Å². The van der Waals surface area contributed by atoms with Crippen LogP contribution in [-0.4, -0.2) is 41.5 Å². The summed E-state index contributed by atoms with van der Waals surface area (Å²) in [5.74, 6) is -1.87. The van der Waals surface area contributed by atoms with Crippen LogP contribution in [-0.2, 0) is 20.9 Å². The molecule has 1 unspecified atom stereocenters. The molecule has 0 saturated carbocycles. The summed E-state index contributed by atoms with van der Waals surface area (Å²) in [6.07, 6.45) is -2.11. The predicted molar refractivity (Wildman–Crippen MR) is 116 cm³/mol. The Kier molecular flexibility index (Phi) is 6.69. The number of rotatable bonds is 6. The molecule has 0 aliphatic carbocycles. The van der Waals surface area contributed by atoms with Crippen molar-refractivity contribution >= 4 is 29.4 Å². The Balaban J connectivity index is 1.92. The highest BCUT2D eigenvalue weighted by Gasteiger charge is 2.35. The van der Waals surface area contributed by atoms with Crippen LogP contribution in [0.4, 0.5) is 10.5 Å². The lowest BCUT2D eigenvalue weighted by molar-refractivity contribution is -0.136. The van der Waals surface area contributed by atoms with Crippen LogP contribution in [0.3, 0.4) is 0 Å². The molecule has 1 aliphatic heterocycles. The number of ether oxygens (including phenoxy) is 1. The van der Waals surface area contributed by atoms with Gasteiger partial charge in [0.1, 0.15) is 13.2 Å². The topological polar surface area (TPSA) is 108 Å². The Morgan fingerprint density at radius 3 is 2.52 bits per heavy atom. The minimum Gasteiger partial charge on any atom is -0.480 e. The van der Waals surface area contributed by atoms with Crippen LogP contribution in [0.5, 0.6) is 0 Å². The van der Waals surface area contributed by atoms with E-state index in [2.05, 4.69) is 10.3 Å². The minimum absolute atomic E-state index is 0.0342. The number of alkyl carbamates (subject to hydrolysis) is 1. The van der Waals surface area contributed by atoms with Gasteiger partial charge in [-0.1, -0.05) is 62.4 Å². The average Bonchev–Trinajstić information content (AvgIpc) is 2.84. The fourth-order valence-corrected chi connectivity index (χ4v) is 3.47. The van der Waals surface area contributed by atoms with Gasteiger partial charge < -0.3 is 9.84 Å². The molecule has 8 nitrogen and oxygen atoms in total. The molecule has 3 rings (SSSR count). The maximum Gasteiger partial charge on any atom is 0.409 e. The molecule has 2 aromatic carbocycles. The van der Waals surface area contributed by atoms with Crippen molar-refractivity contribution in [3.63, 3.8) is 0 Å². The van der Waals surface area contributed by atoms with Gasteiger partial charge in [0.15, 0.2) is 0 Å². The molecule has 1 atom stereocenters. The highest BCUT2D eigenvalue weighted by atomic mass is 16.5. The molecule has 0 fully saturated rings. The van der Waals surface area contributed by atoms with Crippen molar-refractivity contribution in [3.05, 3.63) is 65.2 Å². The van der Waals surface area contributed by atoms with Crippen molar-refractivity contribution in [2.45, 2.75) is 33.5 Å². The number of amides is 2. The second kappa shape index (κ2) is 9.42. The lowest BCUT2D eigenvalue weighted by Gasteiger charge is -2.25. The predicted octanol–water partition coefficient (Wildman–Crippen LogP) is 3.12. The van der Waals surface area contributed by atoms with Crippen molar-refractivity contribution in [2.75, 3.05) is 11.4 Å². The maximum atomic E-state index is 13.3. The van der Waals surface area contributed by atoms with Crippen LogP contribution in [0.2, 0.25) is 0 Å². The molecule has 0 saturated heterocycles. The molecular weight excluding hydrogens is 398 g/mol. The molecule has 8 heteroatoms. The summed E-state index contributed by atoms with van der Waals surface area (Å²) in [7, 11) is 0. The van der Waals surface area contributed by atoms with Gasteiger partial charge in [0.05, 0.1) is 5.69 Å². The van der Waals surface area contributed by atoms with Crippen LogP contribution in [0.25, 0.3) is 0 Å². The number of hydrogen-bond acceptors (Lipinski definition) is 5. The van der Waals surface area contributed by atoms with Crippen LogP contribution < -0.4 is 10.2 Å². The largest absolute Gasteiger partial charge is 0.480 e. The number of anilines is 1. The van der Waals surface area contributed by atoms with Gasteiger partial charge in [0.2, 0.25) is 6.17 Å². The number of carbonyl (C=O) groups excluding carboxylic acids is 2. The molecule has 1 aliphatic rings. The second-order valence-corrected chi connectivity index (χ2v) is 7.57. The van der Waals surface area contributed by atoms with E-state index in [0.29, 0.717) is 17.0 Å². The molecule has 162 valence electrons. The smallest absolute Gasteiger partial charge is 0.409 e. The Bertz CT molecular complexity index is 1020. The Hall–Kier alpha value is -3.68. The average molecular weight is 423 g/mol. The number of aryl methyl sites for hydroxylation is 1. The highest BCUT2D eigenvalue weighted by Crippen LogP contribution is 2.31. The number of benzodiazepines with no additional fused rings is 1. The lowest BCUT2D eigenvalue weighted by atomic mass is 9.96. The molecular formula is C23H25N3O5. The van der Waals surface area contributed by atoms with Gasteiger partial charge in [-0.3, -0.25) is 24.8 Å². The summed E-state index contributed by atoms with van der Waals surface area (Å²) in [6, 6.07) is 14.6. The normalized spacial score (nSPS) is 15.7. The van der Waals surface area contributed by atoms with Gasteiger partial charge in [0, 0.05) is 11.3 Å². The van der Waals surface area contributed by atoms with E-state index in [1.165, 1.54) is 0 Å². The monoisotopic (exact) mass is 423 g/mol. The van der Waals surface area contributed by atoms with E-state index in [0.717, 1.165) is 16.0 Å². The number of benzene rings is 2. The van der Waals surface area contributed by atoms with Gasteiger partial charge in [-0.15, -0.1) is 0 Å². The summed E-state index contributed by atoms with van der Waals surface area (Å²) in [5, 5.41) is 11.9. The third kappa shape index (κ3) is 5.09. The molecule has 2 N–H and O–H groups in total. The minimum atomic E-state index is -1.30. The summed E-state index contributed by atoms with van der Waals surface area (Å²) < 4.78 is 5.23. The van der Waals surface area contributed by atoms with Gasteiger partial charge in [-0.05, 0) is 24.0 Å². The van der Waals surface area contributed by atoms with Crippen molar-refractivity contribution in [1.82, 2.24) is 5.32 Å². The molecule has 0 bridgehead atoms.